The molecule has 3 unspecified atom stereocenters. The molecule has 1 saturated heterocycles. The van der Waals surface area contributed by atoms with Crippen LogP contribution in [0.15, 0.2) is 0 Å². The van der Waals surface area contributed by atoms with Gasteiger partial charge in [0.25, 0.3) is 0 Å². The Bertz CT molecular complexity index is 227. The summed E-state index contributed by atoms with van der Waals surface area (Å²) >= 11 is 0. The van der Waals surface area contributed by atoms with Crippen LogP contribution in [0.3, 0.4) is 0 Å². The highest BCUT2D eigenvalue weighted by atomic mass is 15.2. The molecule has 0 amide bonds. The minimum absolute atomic E-state index is 0.758. The first-order valence-corrected chi connectivity index (χ1v) is 8.23. The maximum absolute atomic E-state index is 3.65. The number of nitrogens with zero attached hydrogens (tertiary/aromatic N) is 1. The second-order valence-electron chi connectivity index (χ2n) is 6.67. The molecule has 1 heterocycles. The molecule has 18 heavy (non-hydrogen) atoms. The van der Waals surface area contributed by atoms with Crippen LogP contribution in [0.2, 0.25) is 0 Å². The van der Waals surface area contributed by atoms with Gasteiger partial charge in [-0.2, -0.15) is 0 Å². The summed E-state index contributed by atoms with van der Waals surface area (Å²) in [5.74, 6) is 2.01. The number of hydrogen-bond donors (Lipinski definition) is 1. The van der Waals surface area contributed by atoms with Crippen molar-refractivity contribution in [3.05, 3.63) is 0 Å². The first kappa shape index (κ1) is 14.3. The smallest absolute Gasteiger partial charge is 0.0195 e. The van der Waals surface area contributed by atoms with Crippen molar-refractivity contribution in [1.29, 1.82) is 0 Å². The first-order valence-electron chi connectivity index (χ1n) is 8.23. The normalized spacial score (nSPS) is 34.7. The molecule has 1 aliphatic heterocycles. The molecule has 0 radical (unpaired) electrons. The number of hydrogen-bond acceptors (Lipinski definition) is 2. The Balaban J connectivity index is 1.66. The Labute approximate surface area is 114 Å². The third kappa shape index (κ3) is 4.55. The van der Waals surface area contributed by atoms with E-state index in [1.54, 1.807) is 0 Å². The van der Waals surface area contributed by atoms with E-state index in [0.717, 1.165) is 17.9 Å². The van der Waals surface area contributed by atoms with Crippen LogP contribution in [0.1, 0.15) is 58.8 Å². The zero-order chi connectivity index (χ0) is 12.8. The van der Waals surface area contributed by atoms with Gasteiger partial charge in [-0.1, -0.05) is 39.5 Å². The summed E-state index contributed by atoms with van der Waals surface area (Å²) in [5.41, 5.74) is 0. The highest BCUT2D eigenvalue weighted by Crippen LogP contribution is 2.30. The van der Waals surface area contributed by atoms with Gasteiger partial charge in [0.2, 0.25) is 0 Å². The lowest BCUT2D eigenvalue weighted by molar-refractivity contribution is 0.168. The zero-order valence-corrected chi connectivity index (χ0v) is 12.5. The van der Waals surface area contributed by atoms with Gasteiger partial charge in [0.1, 0.15) is 0 Å². The Morgan fingerprint density at radius 2 is 2.11 bits per heavy atom. The van der Waals surface area contributed by atoms with Crippen molar-refractivity contribution in [3.8, 4) is 0 Å². The van der Waals surface area contributed by atoms with Crippen molar-refractivity contribution in [2.45, 2.75) is 64.8 Å². The Morgan fingerprint density at radius 3 is 2.89 bits per heavy atom. The molecule has 1 aliphatic carbocycles. The summed E-state index contributed by atoms with van der Waals surface area (Å²) < 4.78 is 0. The standard InChI is InChI=1S/C16H32N2/c1-3-5-16-13-18(11-9-17-16)10-8-15-7-4-6-14(2)12-15/h14-17H,3-13H2,1-2H3. The summed E-state index contributed by atoms with van der Waals surface area (Å²) in [7, 11) is 0. The topological polar surface area (TPSA) is 15.3 Å². The van der Waals surface area contributed by atoms with Crippen molar-refractivity contribution >= 4 is 0 Å². The molecule has 0 aromatic heterocycles. The zero-order valence-electron chi connectivity index (χ0n) is 12.5. The number of nitrogens with one attached hydrogen (secondary N) is 1. The minimum Gasteiger partial charge on any atom is -0.311 e. The summed E-state index contributed by atoms with van der Waals surface area (Å²) in [6.45, 7) is 9.84. The molecule has 3 atom stereocenters. The summed E-state index contributed by atoms with van der Waals surface area (Å²) in [5, 5.41) is 3.65. The number of rotatable bonds is 5. The van der Waals surface area contributed by atoms with Gasteiger partial charge in [0.05, 0.1) is 0 Å². The van der Waals surface area contributed by atoms with E-state index in [1.807, 2.05) is 0 Å². The second kappa shape index (κ2) is 7.49. The van der Waals surface area contributed by atoms with Gasteiger partial charge in [-0.25, -0.2) is 0 Å². The molecule has 1 saturated carbocycles. The molecule has 0 aromatic carbocycles. The van der Waals surface area contributed by atoms with Crippen LogP contribution in [0.4, 0.5) is 0 Å². The highest BCUT2D eigenvalue weighted by molar-refractivity contribution is 4.79. The lowest BCUT2D eigenvalue weighted by Crippen LogP contribution is -2.50. The quantitative estimate of drug-likeness (QED) is 0.808. The van der Waals surface area contributed by atoms with E-state index in [2.05, 4.69) is 24.1 Å². The second-order valence-corrected chi connectivity index (χ2v) is 6.67. The molecule has 106 valence electrons. The van der Waals surface area contributed by atoms with E-state index in [1.165, 1.54) is 71.1 Å². The molecule has 2 aliphatic rings. The SMILES string of the molecule is CCCC1CN(CCC2CCCC(C)C2)CCN1. The first-order chi connectivity index (χ1) is 8.78. The van der Waals surface area contributed by atoms with Crippen LogP contribution in [-0.2, 0) is 0 Å². The third-order valence-corrected chi connectivity index (χ3v) is 4.88. The average Bonchev–Trinajstić information content (AvgIpc) is 2.37. The molecule has 2 fully saturated rings. The molecule has 2 rings (SSSR count). The summed E-state index contributed by atoms with van der Waals surface area (Å²) in [6, 6.07) is 0.758. The minimum atomic E-state index is 0.758. The molecular formula is C16H32N2. The highest BCUT2D eigenvalue weighted by Gasteiger charge is 2.22. The predicted molar refractivity (Wildman–Crippen MR) is 78.9 cm³/mol. The lowest BCUT2D eigenvalue weighted by atomic mass is 9.81. The maximum atomic E-state index is 3.65. The van der Waals surface area contributed by atoms with Gasteiger partial charge in [-0.05, 0) is 37.6 Å². The van der Waals surface area contributed by atoms with E-state index in [9.17, 15) is 0 Å². The predicted octanol–water partition coefficient (Wildman–Crippen LogP) is 3.28. The van der Waals surface area contributed by atoms with Crippen molar-refractivity contribution in [3.63, 3.8) is 0 Å². The van der Waals surface area contributed by atoms with Gasteiger partial charge in [-0.15, -0.1) is 0 Å². The molecule has 0 bridgehead atoms. The van der Waals surface area contributed by atoms with Gasteiger partial charge >= 0.3 is 0 Å². The Kier molecular flexibility index (Phi) is 5.97. The van der Waals surface area contributed by atoms with Crippen molar-refractivity contribution in [2.75, 3.05) is 26.2 Å². The van der Waals surface area contributed by atoms with E-state index < -0.39 is 0 Å². The molecule has 0 aromatic rings. The Hall–Kier alpha value is -0.0800. The van der Waals surface area contributed by atoms with E-state index in [-0.39, 0.29) is 0 Å². The summed E-state index contributed by atoms with van der Waals surface area (Å²) in [4.78, 5) is 2.70. The van der Waals surface area contributed by atoms with Crippen LogP contribution < -0.4 is 5.32 Å². The van der Waals surface area contributed by atoms with Crippen LogP contribution >= 0.6 is 0 Å². The molecule has 2 heteroatoms. The largest absolute Gasteiger partial charge is 0.311 e. The molecule has 1 N–H and O–H groups in total. The fourth-order valence-corrected chi connectivity index (χ4v) is 3.83. The molecule has 2 nitrogen and oxygen atoms in total. The van der Waals surface area contributed by atoms with Crippen LogP contribution in [0.25, 0.3) is 0 Å². The third-order valence-electron chi connectivity index (χ3n) is 4.88. The fraction of sp³-hybridized carbons (Fsp3) is 1.00. The van der Waals surface area contributed by atoms with Crippen LogP contribution in [0.5, 0.6) is 0 Å². The van der Waals surface area contributed by atoms with Crippen molar-refractivity contribution in [1.82, 2.24) is 10.2 Å². The van der Waals surface area contributed by atoms with Gasteiger partial charge < -0.3 is 10.2 Å². The fourth-order valence-electron chi connectivity index (χ4n) is 3.83. The maximum Gasteiger partial charge on any atom is 0.0195 e. The van der Waals surface area contributed by atoms with Gasteiger partial charge in [0.15, 0.2) is 0 Å². The van der Waals surface area contributed by atoms with E-state index >= 15 is 0 Å². The Morgan fingerprint density at radius 1 is 1.22 bits per heavy atom. The van der Waals surface area contributed by atoms with Gasteiger partial charge in [-0.3, -0.25) is 0 Å². The molecule has 0 spiro atoms. The number of piperazine rings is 1. The van der Waals surface area contributed by atoms with Crippen molar-refractivity contribution in [2.24, 2.45) is 11.8 Å². The van der Waals surface area contributed by atoms with Crippen LogP contribution in [0, 0.1) is 11.8 Å². The van der Waals surface area contributed by atoms with Crippen LogP contribution in [-0.4, -0.2) is 37.1 Å². The van der Waals surface area contributed by atoms with E-state index in [4.69, 9.17) is 0 Å². The monoisotopic (exact) mass is 252 g/mol. The van der Waals surface area contributed by atoms with Gasteiger partial charge in [0, 0.05) is 25.7 Å². The lowest BCUT2D eigenvalue weighted by Gasteiger charge is -2.35. The average molecular weight is 252 g/mol. The summed E-state index contributed by atoms with van der Waals surface area (Å²) in [6.07, 6.45) is 10.0. The van der Waals surface area contributed by atoms with E-state index in [0.29, 0.717) is 0 Å². The van der Waals surface area contributed by atoms with Crippen molar-refractivity contribution < 1.29 is 0 Å². The molecular weight excluding hydrogens is 220 g/mol.